The fourth-order valence-electron chi connectivity index (χ4n) is 3.73. The summed E-state index contributed by atoms with van der Waals surface area (Å²) in [6, 6.07) is 0. The maximum Gasteiger partial charge on any atom is 0.230 e. The van der Waals surface area contributed by atoms with Crippen molar-refractivity contribution in [1.29, 1.82) is 0 Å². The summed E-state index contributed by atoms with van der Waals surface area (Å²) in [5.41, 5.74) is -0.133. The summed E-state index contributed by atoms with van der Waals surface area (Å²) in [6.45, 7) is 10.5. The number of carbonyl (C=O) groups excluding carboxylic acids is 1. The minimum absolute atomic E-state index is 0.133. The molecule has 2 aliphatic heterocycles. The molecule has 0 aromatic rings. The maximum absolute atomic E-state index is 13.0. The van der Waals surface area contributed by atoms with Crippen molar-refractivity contribution in [3.8, 4) is 0 Å². The molecule has 19 heavy (non-hydrogen) atoms. The van der Waals surface area contributed by atoms with Crippen LogP contribution in [0.5, 0.6) is 0 Å². The van der Waals surface area contributed by atoms with Crippen LogP contribution in [0.15, 0.2) is 0 Å². The highest BCUT2D eigenvalue weighted by molar-refractivity contribution is 5.83. The quantitative estimate of drug-likeness (QED) is 0.852. The third kappa shape index (κ3) is 2.96. The van der Waals surface area contributed by atoms with E-state index in [0.29, 0.717) is 11.8 Å². The van der Waals surface area contributed by atoms with Crippen LogP contribution in [0, 0.1) is 17.3 Å². The number of rotatable bonds is 3. The van der Waals surface area contributed by atoms with E-state index in [2.05, 4.69) is 31.0 Å². The summed E-state index contributed by atoms with van der Waals surface area (Å²) in [7, 11) is 0. The van der Waals surface area contributed by atoms with Crippen LogP contribution in [0.4, 0.5) is 0 Å². The van der Waals surface area contributed by atoms with Crippen LogP contribution in [0.25, 0.3) is 0 Å². The molecule has 2 aliphatic rings. The summed E-state index contributed by atoms with van der Waals surface area (Å²) < 4.78 is 0. The highest BCUT2D eigenvalue weighted by Gasteiger charge is 2.46. The van der Waals surface area contributed by atoms with Crippen LogP contribution in [0.2, 0.25) is 0 Å². The van der Waals surface area contributed by atoms with Gasteiger partial charge in [-0.15, -0.1) is 0 Å². The fraction of sp³-hybridized carbons (Fsp3) is 0.938. The second kappa shape index (κ2) is 6.25. The predicted molar refractivity (Wildman–Crippen MR) is 79.0 cm³/mol. The highest BCUT2D eigenvalue weighted by atomic mass is 16.2. The van der Waals surface area contributed by atoms with Crippen molar-refractivity contribution in [3.05, 3.63) is 0 Å². The Kier molecular flexibility index (Phi) is 4.88. The molecular weight excluding hydrogens is 236 g/mol. The first-order chi connectivity index (χ1) is 9.10. The predicted octanol–water partition coefficient (Wildman–Crippen LogP) is 2.66. The average Bonchev–Trinajstić information content (AvgIpc) is 2.78. The lowest BCUT2D eigenvalue weighted by molar-refractivity contribution is -0.143. The van der Waals surface area contributed by atoms with E-state index in [9.17, 15) is 4.79 Å². The van der Waals surface area contributed by atoms with Gasteiger partial charge < -0.3 is 10.2 Å². The van der Waals surface area contributed by atoms with Gasteiger partial charge in [0.05, 0.1) is 5.41 Å². The molecule has 2 heterocycles. The molecule has 2 saturated heterocycles. The van der Waals surface area contributed by atoms with E-state index in [1.807, 2.05) is 0 Å². The molecule has 110 valence electrons. The van der Waals surface area contributed by atoms with Crippen molar-refractivity contribution in [1.82, 2.24) is 10.2 Å². The molecular formula is C16H30N2O. The Hall–Kier alpha value is -0.570. The minimum Gasteiger partial charge on any atom is -0.342 e. The normalized spacial score (nSPS) is 32.6. The van der Waals surface area contributed by atoms with E-state index in [0.717, 1.165) is 38.5 Å². The SMILES string of the molecule is CCC1CCCN(C(=O)C2(C(C)C)CCNC2)CC1. The largest absolute Gasteiger partial charge is 0.342 e. The molecule has 1 amide bonds. The first-order valence-corrected chi connectivity index (χ1v) is 8.10. The summed E-state index contributed by atoms with van der Waals surface area (Å²) in [5.74, 6) is 1.68. The lowest BCUT2D eigenvalue weighted by Crippen LogP contribution is -2.48. The van der Waals surface area contributed by atoms with Crippen molar-refractivity contribution < 1.29 is 4.79 Å². The smallest absolute Gasteiger partial charge is 0.230 e. The zero-order valence-electron chi connectivity index (χ0n) is 12.9. The van der Waals surface area contributed by atoms with E-state index in [1.54, 1.807) is 0 Å². The molecule has 0 aromatic heterocycles. The van der Waals surface area contributed by atoms with Crippen LogP contribution in [-0.2, 0) is 4.79 Å². The van der Waals surface area contributed by atoms with Gasteiger partial charge in [-0.05, 0) is 44.1 Å². The number of nitrogens with one attached hydrogen (secondary N) is 1. The van der Waals surface area contributed by atoms with Gasteiger partial charge in [-0.2, -0.15) is 0 Å². The summed E-state index contributed by atoms with van der Waals surface area (Å²) in [4.78, 5) is 15.2. The molecule has 2 fully saturated rings. The number of hydrogen-bond acceptors (Lipinski definition) is 2. The molecule has 0 bridgehead atoms. The Morgan fingerprint density at radius 2 is 2.16 bits per heavy atom. The number of nitrogens with zero attached hydrogens (tertiary/aromatic N) is 1. The van der Waals surface area contributed by atoms with E-state index in [1.165, 1.54) is 25.7 Å². The van der Waals surface area contributed by atoms with Gasteiger partial charge in [-0.3, -0.25) is 4.79 Å². The Bertz CT molecular complexity index is 308. The third-order valence-corrected chi connectivity index (χ3v) is 5.43. The summed E-state index contributed by atoms with van der Waals surface area (Å²) in [6.07, 6.45) is 5.96. The topological polar surface area (TPSA) is 32.3 Å². The molecule has 2 rings (SSSR count). The third-order valence-electron chi connectivity index (χ3n) is 5.43. The van der Waals surface area contributed by atoms with Crippen molar-refractivity contribution >= 4 is 5.91 Å². The first-order valence-electron chi connectivity index (χ1n) is 8.10. The van der Waals surface area contributed by atoms with Crippen molar-refractivity contribution in [2.45, 2.75) is 52.9 Å². The number of hydrogen-bond donors (Lipinski definition) is 1. The molecule has 3 nitrogen and oxygen atoms in total. The zero-order valence-corrected chi connectivity index (χ0v) is 12.9. The van der Waals surface area contributed by atoms with Gasteiger partial charge in [0, 0.05) is 19.6 Å². The molecule has 0 aliphatic carbocycles. The maximum atomic E-state index is 13.0. The Labute approximate surface area is 118 Å². The minimum atomic E-state index is -0.133. The van der Waals surface area contributed by atoms with Crippen molar-refractivity contribution in [2.24, 2.45) is 17.3 Å². The van der Waals surface area contributed by atoms with E-state index >= 15 is 0 Å². The molecule has 2 unspecified atom stereocenters. The fourth-order valence-corrected chi connectivity index (χ4v) is 3.73. The summed E-state index contributed by atoms with van der Waals surface area (Å²) in [5, 5.41) is 3.40. The monoisotopic (exact) mass is 266 g/mol. The standard InChI is InChI=1S/C16H30N2O/c1-4-14-6-5-10-18(11-7-14)15(19)16(13(2)3)8-9-17-12-16/h13-14,17H,4-12H2,1-3H3. The molecule has 2 atom stereocenters. The van der Waals surface area contributed by atoms with Gasteiger partial charge >= 0.3 is 0 Å². The lowest BCUT2D eigenvalue weighted by Gasteiger charge is -2.36. The van der Waals surface area contributed by atoms with E-state index in [-0.39, 0.29) is 5.41 Å². The van der Waals surface area contributed by atoms with Crippen molar-refractivity contribution in [2.75, 3.05) is 26.2 Å². The molecule has 0 radical (unpaired) electrons. The van der Waals surface area contributed by atoms with Gasteiger partial charge in [0.2, 0.25) is 5.91 Å². The second-order valence-corrected chi connectivity index (χ2v) is 6.73. The Morgan fingerprint density at radius 3 is 2.74 bits per heavy atom. The molecule has 3 heteroatoms. The second-order valence-electron chi connectivity index (χ2n) is 6.73. The van der Waals surface area contributed by atoms with Gasteiger partial charge in [0.15, 0.2) is 0 Å². The van der Waals surface area contributed by atoms with Crippen LogP contribution >= 0.6 is 0 Å². The average molecular weight is 266 g/mol. The number of carbonyl (C=O) groups is 1. The summed E-state index contributed by atoms with van der Waals surface area (Å²) >= 11 is 0. The van der Waals surface area contributed by atoms with E-state index in [4.69, 9.17) is 0 Å². The highest BCUT2D eigenvalue weighted by Crippen LogP contribution is 2.37. The molecule has 0 saturated carbocycles. The van der Waals surface area contributed by atoms with Gasteiger partial charge in [-0.1, -0.05) is 27.2 Å². The van der Waals surface area contributed by atoms with Crippen molar-refractivity contribution in [3.63, 3.8) is 0 Å². The van der Waals surface area contributed by atoms with Crippen LogP contribution in [0.1, 0.15) is 52.9 Å². The molecule has 0 aromatic carbocycles. The van der Waals surface area contributed by atoms with Crippen LogP contribution < -0.4 is 5.32 Å². The first kappa shape index (κ1) is 14.8. The molecule has 0 spiro atoms. The Balaban J connectivity index is 2.05. The van der Waals surface area contributed by atoms with Gasteiger partial charge in [0.1, 0.15) is 0 Å². The van der Waals surface area contributed by atoms with Crippen LogP contribution in [0.3, 0.4) is 0 Å². The van der Waals surface area contributed by atoms with Crippen LogP contribution in [-0.4, -0.2) is 37.0 Å². The van der Waals surface area contributed by atoms with Gasteiger partial charge in [-0.25, -0.2) is 0 Å². The number of amides is 1. The zero-order chi connectivity index (χ0) is 13.9. The van der Waals surface area contributed by atoms with E-state index < -0.39 is 0 Å². The lowest BCUT2D eigenvalue weighted by atomic mass is 9.75. The number of likely N-dealkylation sites (tertiary alicyclic amines) is 1. The Morgan fingerprint density at radius 1 is 1.37 bits per heavy atom. The van der Waals surface area contributed by atoms with Gasteiger partial charge in [0.25, 0.3) is 0 Å². The molecule has 1 N–H and O–H groups in total.